The molecule has 0 radical (unpaired) electrons. The van der Waals surface area contributed by atoms with E-state index in [9.17, 15) is 0 Å². The molecule has 0 N–H and O–H groups in total. The van der Waals surface area contributed by atoms with Crippen molar-refractivity contribution >= 4 is 23.3 Å². The van der Waals surface area contributed by atoms with E-state index in [0.717, 1.165) is 11.5 Å². The molecule has 0 aliphatic rings. The Hall–Kier alpha value is -1.09. The number of hydrogen-bond acceptors (Lipinski definition) is 3. The zero-order chi connectivity index (χ0) is 8.97. The summed E-state index contributed by atoms with van der Waals surface area (Å²) in [5.41, 5.74) is 0. The van der Waals surface area contributed by atoms with Crippen molar-refractivity contribution in [3.63, 3.8) is 0 Å². The Bertz CT molecular complexity index is 299. The summed E-state index contributed by atoms with van der Waals surface area (Å²) in [5, 5.41) is 0.448. The van der Waals surface area contributed by atoms with Crippen LogP contribution in [-0.2, 0) is 4.74 Å². The highest BCUT2D eigenvalue weighted by molar-refractivity contribution is 7.80. The third kappa shape index (κ3) is 2.51. The van der Waals surface area contributed by atoms with Gasteiger partial charge in [0.15, 0.2) is 5.05 Å². The highest BCUT2D eigenvalue weighted by Crippen LogP contribution is 2.07. The molecular formula is C9H10O2S. The van der Waals surface area contributed by atoms with Gasteiger partial charge in [-0.3, -0.25) is 0 Å². The molecule has 2 nitrogen and oxygen atoms in total. The molecule has 0 aliphatic carbocycles. The average molecular weight is 182 g/mol. The number of furan rings is 1. The molecule has 12 heavy (non-hydrogen) atoms. The fraction of sp³-hybridized carbons (Fsp3) is 0.222. The average Bonchev–Trinajstić information content (AvgIpc) is 2.47. The van der Waals surface area contributed by atoms with Gasteiger partial charge in [0.2, 0.25) is 0 Å². The van der Waals surface area contributed by atoms with Crippen LogP contribution in [0, 0.1) is 6.92 Å². The van der Waals surface area contributed by atoms with Crippen molar-refractivity contribution in [1.29, 1.82) is 0 Å². The van der Waals surface area contributed by atoms with E-state index >= 15 is 0 Å². The van der Waals surface area contributed by atoms with Gasteiger partial charge >= 0.3 is 0 Å². The molecule has 1 aromatic rings. The molecule has 0 unspecified atom stereocenters. The second-order valence-corrected chi connectivity index (χ2v) is 2.71. The van der Waals surface area contributed by atoms with Crippen molar-refractivity contribution in [2.75, 3.05) is 7.11 Å². The first-order valence-electron chi connectivity index (χ1n) is 3.55. The molecule has 0 spiro atoms. The summed E-state index contributed by atoms with van der Waals surface area (Å²) in [5.74, 6) is 1.67. The van der Waals surface area contributed by atoms with Crippen LogP contribution in [-0.4, -0.2) is 12.2 Å². The zero-order valence-electron chi connectivity index (χ0n) is 7.03. The fourth-order valence-corrected chi connectivity index (χ4v) is 0.829. The van der Waals surface area contributed by atoms with Gasteiger partial charge in [0, 0.05) is 0 Å². The van der Waals surface area contributed by atoms with E-state index in [4.69, 9.17) is 21.4 Å². The third-order valence-corrected chi connectivity index (χ3v) is 1.65. The highest BCUT2D eigenvalue weighted by Gasteiger charge is 1.92. The summed E-state index contributed by atoms with van der Waals surface area (Å²) in [6, 6.07) is 3.78. The predicted octanol–water partition coefficient (Wildman–Crippen LogP) is 2.58. The molecule has 1 aromatic heterocycles. The van der Waals surface area contributed by atoms with E-state index in [1.54, 1.807) is 19.3 Å². The van der Waals surface area contributed by atoms with Crippen LogP contribution in [0.1, 0.15) is 11.5 Å². The SMILES string of the molecule is COC(=S)C=Cc1ccc(C)o1. The van der Waals surface area contributed by atoms with Gasteiger partial charge in [-0.2, -0.15) is 0 Å². The number of thiocarbonyl (C=S) groups is 1. The topological polar surface area (TPSA) is 22.4 Å². The van der Waals surface area contributed by atoms with Gasteiger partial charge in [0.25, 0.3) is 0 Å². The molecule has 0 fully saturated rings. The second kappa shape index (κ2) is 4.07. The largest absolute Gasteiger partial charge is 0.487 e. The third-order valence-electron chi connectivity index (χ3n) is 1.35. The van der Waals surface area contributed by atoms with Crippen molar-refractivity contribution in [2.24, 2.45) is 0 Å². The van der Waals surface area contributed by atoms with Gasteiger partial charge in [-0.15, -0.1) is 0 Å². The Morgan fingerprint density at radius 1 is 1.58 bits per heavy atom. The summed E-state index contributed by atoms with van der Waals surface area (Å²) < 4.78 is 10.1. The number of ether oxygens (including phenoxy) is 1. The number of hydrogen-bond donors (Lipinski definition) is 0. The minimum Gasteiger partial charge on any atom is -0.487 e. The molecular weight excluding hydrogens is 172 g/mol. The van der Waals surface area contributed by atoms with Gasteiger partial charge in [-0.25, -0.2) is 0 Å². The molecule has 3 heteroatoms. The fourth-order valence-electron chi connectivity index (χ4n) is 0.761. The first-order chi connectivity index (χ1) is 5.72. The maximum atomic E-state index is 5.28. The van der Waals surface area contributed by atoms with E-state index < -0.39 is 0 Å². The van der Waals surface area contributed by atoms with Crippen molar-refractivity contribution in [3.8, 4) is 0 Å². The number of aryl methyl sites for hydroxylation is 1. The second-order valence-electron chi connectivity index (χ2n) is 2.30. The predicted molar refractivity (Wildman–Crippen MR) is 52.1 cm³/mol. The summed E-state index contributed by atoms with van der Waals surface area (Å²) in [6.45, 7) is 1.89. The van der Waals surface area contributed by atoms with Crippen molar-refractivity contribution in [1.82, 2.24) is 0 Å². The smallest absolute Gasteiger partial charge is 0.183 e. The van der Waals surface area contributed by atoms with E-state index in [1.165, 1.54) is 0 Å². The van der Waals surface area contributed by atoms with Gasteiger partial charge in [0.1, 0.15) is 11.5 Å². The highest BCUT2D eigenvalue weighted by atomic mass is 32.1. The quantitative estimate of drug-likeness (QED) is 0.518. The monoisotopic (exact) mass is 182 g/mol. The molecule has 0 aliphatic heterocycles. The summed E-state index contributed by atoms with van der Waals surface area (Å²) >= 11 is 4.81. The van der Waals surface area contributed by atoms with Crippen molar-refractivity contribution in [3.05, 3.63) is 29.7 Å². The molecule has 1 rings (SSSR count). The van der Waals surface area contributed by atoms with Crippen LogP contribution in [0.2, 0.25) is 0 Å². The standard InChI is InChI=1S/C9H10O2S/c1-7-3-4-8(11-7)5-6-9(12)10-2/h3-6H,1-2H3. The molecule has 0 amide bonds. The Labute approximate surface area is 76.8 Å². The zero-order valence-corrected chi connectivity index (χ0v) is 7.85. The molecule has 0 saturated heterocycles. The van der Waals surface area contributed by atoms with Crippen LogP contribution in [0.3, 0.4) is 0 Å². The van der Waals surface area contributed by atoms with Crippen molar-refractivity contribution in [2.45, 2.75) is 6.92 Å². The lowest BCUT2D eigenvalue weighted by atomic mass is 10.4. The van der Waals surface area contributed by atoms with Crippen LogP contribution in [0.15, 0.2) is 22.6 Å². The van der Waals surface area contributed by atoms with Gasteiger partial charge in [-0.05, 0) is 43.4 Å². The van der Waals surface area contributed by atoms with E-state index in [1.807, 2.05) is 19.1 Å². The van der Waals surface area contributed by atoms with Gasteiger partial charge in [-0.1, -0.05) is 0 Å². The Morgan fingerprint density at radius 2 is 2.33 bits per heavy atom. The summed E-state index contributed by atoms with van der Waals surface area (Å²) in [4.78, 5) is 0. The van der Waals surface area contributed by atoms with Crippen LogP contribution >= 0.6 is 12.2 Å². The molecule has 0 saturated carbocycles. The lowest BCUT2D eigenvalue weighted by molar-refractivity contribution is 0.418. The lowest BCUT2D eigenvalue weighted by Crippen LogP contribution is -1.89. The van der Waals surface area contributed by atoms with E-state index in [-0.39, 0.29) is 0 Å². The van der Waals surface area contributed by atoms with Crippen LogP contribution in [0.4, 0.5) is 0 Å². The molecule has 1 heterocycles. The van der Waals surface area contributed by atoms with Crippen LogP contribution in [0.5, 0.6) is 0 Å². The minimum absolute atomic E-state index is 0.448. The molecule has 64 valence electrons. The maximum absolute atomic E-state index is 5.28. The van der Waals surface area contributed by atoms with Crippen molar-refractivity contribution < 1.29 is 9.15 Å². The minimum atomic E-state index is 0.448. The summed E-state index contributed by atoms with van der Waals surface area (Å²) in [7, 11) is 1.54. The molecule has 0 atom stereocenters. The Balaban J connectivity index is 2.63. The maximum Gasteiger partial charge on any atom is 0.183 e. The first kappa shape index (κ1) is 9.00. The number of rotatable bonds is 2. The Morgan fingerprint density at radius 3 is 2.83 bits per heavy atom. The van der Waals surface area contributed by atoms with Gasteiger partial charge < -0.3 is 9.15 Å². The summed E-state index contributed by atoms with van der Waals surface area (Å²) in [6.07, 6.45) is 3.46. The van der Waals surface area contributed by atoms with Crippen LogP contribution < -0.4 is 0 Å². The normalized spacial score (nSPS) is 10.5. The van der Waals surface area contributed by atoms with E-state index in [0.29, 0.717) is 5.05 Å². The van der Waals surface area contributed by atoms with Crippen LogP contribution in [0.25, 0.3) is 6.08 Å². The van der Waals surface area contributed by atoms with E-state index in [2.05, 4.69) is 0 Å². The van der Waals surface area contributed by atoms with Gasteiger partial charge in [0.05, 0.1) is 7.11 Å². The number of methoxy groups -OCH3 is 1. The lowest BCUT2D eigenvalue weighted by Gasteiger charge is -1.91. The Kier molecular flexibility index (Phi) is 3.05. The molecule has 0 aromatic carbocycles. The first-order valence-corrected chi connectivity index (χ1v) is 3.95. The molecule has 0 bridgehead atoms.